The molecule has 2 aromatic rings. The Hall–Kier alpha value is -2.14. The molecule has 3 N–H and O–H groups in total. The molecule has 1 heterocycles. The van der Waals surface area contributed by atoms with Gasteiger partial charge < -0.3 is 15.6 Å². The zero-order valence-corrected chi connectivity index (χ0v) is 8.50. The summed E-state index contributed by atoms with van der Waals surface area (Å²) in [6.45, 7) is -0.0328. The van der Waals surface area contributed by atoms with Gasteiger partial charge in [0.05, 0.1) is 6.61 Å². The number of nitrogen functional groups attached to an aromatic ring is 1. The lowest BCUT2D eigenvalue weighted by molar-refractivity contribution is 0.281. The molecule has 0 aliphatic rings. The molecule has 0 spiro atoms. The second kappa shape index (κ2) is 4.59. The monoisotopic (exact) mass is 217 g/mol. The zero-order chi connectivity index (χ0) is 11.4. The predicted molar refractivity (Wildman–Crippen MR) is 58.9 cm³/mol. The molecule has 0 bridgehead atoms. The van der Waals surface area contributed by atoms with Crippen LogP contribution in [-0.4, -0.2) is 15.1 Å². The smallest absolute Gasteiger partial charge is 0.323 e. The number of ether oxygens (including phenoxy) is 1. The molecule has 0 amide bonds. The van der Waals surface area contributed by atoms with Crippen LogP contribution in [0.25, 0.3) is 0 Å². The summed E-state index contributed by atoms with van der Waals surface area (Å²) in [4.78, 5) is 7.82. The molecule has 0 saturated heterocycles. The summed E-state index contributed by atoms with van der Waals surface area (Å²) >= 11 is 0. The lowest BCUT2D eigenvalue weighted by Gasteiger charge is -2.04. The third kappa shape index (κ3) is 2.46. The van der Waals surface area contributed by atoms with E-state index in [1.54, 1.807) is 30.3 Å². The first-order valence-electron chi connectivity index (χ1n) is 4.74. The van der Waals surface area contributed by atoms with E-state index in [1.165, 1.54) is 6.20 Å². The highest BCUT2D eigenvalue weighted by atomic mass is 16.5. The maximum Gasteiger partial charge on any atom is 0.323 e. The number of nitrogens with two attached hydrogens (primary N) is 1. The van der Waals surface area contributed by atoms with E-state index in [2.05, 4.69) is 9.97 Å². The van der Waals surface area contributed by atoms with Gasteiger partial charge in [-0.05, 0) is 23.8 Å². The van der Waals surface area contributed by atoms with Crippen molar-refractivity contribution < 1.29 is 9.84 Å². The van der Waals surface area contributed by atoms with E-state index in [-0.39, 0.29) is 12.6 Å². The third-order valence-electron chi connectivity index (χ3n) is 1.95. The molecular weight excluding hydrogens is 206 g/mol. The van der Waals surface area contributed by atoms with Crippen molar-refractivity contribution >= 4 is 5.82 Å². The highest BCUT2D eigenvalue weighted by Gasteiger charge is 2.01. The molecule has 5 heteroatoms. The molecule has 0 saturated carbocycles. The van der Waals surface area contributed by atoms with Gasteiger partial charge in [-0.2, -0.15) is 4.98 Å². The highest BCUT2D eigenvalue weighted by Crippen LogP contribution is 2.19. The van der Waals surface area contributed by atoms with Crippen molar-refractivity contribution in [1.82, 2.24) is 9.97 Å². The van der Waals surface area contributed by atoms with Gasteiger partial charge in [0.15, 0.2) is 0 Å². The van der Waals surface area contributed by atoms with E-state index in [9.17, 15) is 0 Å². The van der Waals surface area contributed by atoms with E-state index in [4.69, 9.17) is 15.6 Å². The number of benzene rings is 1. The van der Waals surface area contributed by atoms with Crippen LogP contribution in [0.3, 0.4) is 0 Å². The molecule has 1 aromatic carbocycles. The van der Waals surface area contributed by atoms with Crippen LogP contribution >= 0.6 is 0 Å². The maximum absolute atomic E-state index is 8.97. The van der Waals surface area contributed by atoms with Crippen LogP contribution in [0.2, 0.25) is 0 Å². The average Bonchev–Trinajstić information content (AvgIpc) is 2.29. The van der Waals surface area contributed by atoms with Crippen LogP contribution < -0.4 is 10.5 Å². The lowest BCUT2D eigenvalue weighted by Crippen LogP contribution is -1.96. The fraction of sp³-hybridized carbons (Fsp3) is 0.0909. The molecule has 2 rings (SSSR count). The van der Waals surface area contributed by atoms with Crippen molar-refractivity contribution in [3.63, 3.8) is 0 Å². The van der Waals surface area contributed by atoms with E-state index < -0.39 is 0 Å². The second-order valence-corrected chi connectivity index (χ2v) is 3.17. The van der Waals surface area contributed by atoms with E-state index in [1.807, 2.05) is 0 Å². The number of aromatic nitrogens is 2. The molecule has 0 aliphatic heterocycles. The van der Waals surface area contributed by atoms with Gasteiger partial charge in [0.2, 0.25) is 0 Å². The first-order chi connectivity index (χ1) is 7.78. The average molecular weight is 217 g/mol. The van der Waals surface area contributed by atoms with Gasteiger partial charge in [-0.1, -0.05) is 12.1 Å². The Morgan fingerprint density at radius 2 is 2.19 bits per heavy atom. The summed E-state index contributed by atoms with van der Waals surface area (Å²) in [5, 5.41) is 8.97. The van der Waals surface area contributed by atoms with Crippen molar-refractivity contribution in [2.45, 2.75) is 6.61 Å². The summed E-state index contributed by atoms with van der Waals surface area (Å²) in [6.07, 6.45) is 1.52. The Morgan fingerprint density at radius 3 is 2.94 bits per heavy atom. The fourth-order valence-corrected chi connectivity index (χ4v) is 1.22. The summed E-state index contributed by atoms with van der Waals surface area (Å²) in [7, 11) is 0. The van der Waals surface area contributed by atoms with Crippen molar-refractivity contribution in [3.05, 3.63) is 42.1 Å². The number of anilines is 1. The topological polar surface area (TPSA) is 81.3 Å². The molecule has 0 aliphatic carbocycles. The van der Waals surface area contributed by atoms with Crippen LogP contribution in [0.5, 0.6) is 11.8 Å². The predicted octanol–water partition coefficient (Wildman–Crippen LogP) is 1.34. The Balaban J connectivity index is 2.20. The molecule has 0 atom stereocenters. The number of hydrogen-bond donors (Lipinski definition) is 2. The van der Waals surface area contributed by atoms with Crippen LogP contribution in [0.15, 0.2) is 36.5 Å². The van der Waals surface area contributed by atoms with E-state index in [0.29, 0.717) is 11.6 Å². The van der Waals surface area contributed by atoms with Crippen molar-refractivity contribution in [2.75, 3.05) is 5.73 Å². The third-order valence-corrected chi connectivity index (χ3v) is 1.95. The van der Waals surface area contributed by atoms with Crippen molar-refractivity contribution in [3.8, 4) is 11.8 Å². The van der Waals surface area contributed by atoms with Gasteiger partial charge in [0.25, 0.3) is 0 Å². The lowest BCUT2D eigenvalue weighted by atomic mass is 10.2. The molecular formula is C11H11N3O2. The molecule has 0 radical (unpaired) electrons. The fourth-order valence-electron chi connectivity index (χ4n) is 1.22. The number of rotatable bonds is 3. The molecule has 16 heavy (non-hydrogen) atoms. The number of nitrogens with zero attached hydrogens (tertiary/aromatic N) is 2. The van der Waals surface area contributed by atoms with Gasteiger partial charge in [-0.15, -0.1) is 0 Å². The van der Waals surface area contributed by atoms with Gasteiger partial charge in [-0.3, -0.25) is 0 Å². The molecule has 5 nitrogen and oxygen atoms in total. The Kier molecular flexibility index (Phi) is 2.98. The van der Waals surface area contributed by atoms with Gasteiger partial charge in [-0.25, -0.2) is 4.98 Å². The first-order valence-corrected chi connectivity index (χ1v) is 4.74. The Bertz CT molecular complexity index is 488. The minimum atomic E-state index is -0.0328. The summed E-state index contributed by atoms with van der Waals surface area (Å²) in [6, 6.07) is 8.82. The summed E-state index contributed by atoms with van der Waals surface area (Å²) < 4.78 is 5.39. The van der Waals surface area contributed by atoms with Crippen LogP contribution in [0, 0.1) is 0 Å². The molecule has 82 valence electrons. The molecule has 1 aromatic heterocycles. The standard InChI is InChI=1S/C11H11N3O2/c12-10-4-5-13-11(14-10)16-9-3-1-2-8(6-9)7-15/h1-6,15H,7H2,(H2,12,13,14). The second-order valence-electron chi connectivity index (χ2n) is 3.17. The largest absolute Gasteiger partial charge is 0.424 e. The minimum Gasteiger partial charge on any atom is -0.424 e. The van der Waals surface area contributed by atoms with Crippen molar-refractivity contribution in [1.29, 1.82) is 0 Å². The number of aliphatic hydroxyl groups is 1. The Labute approximate surface area is 92.5 Å². The Morgan fingerprint density at radius 1 is 1.31 bits per heavy atom. The van der Waals surface area contributed by atoms with E-state index >= 15 is 0 Å². The van der Waals surface area contributed by atoms with Gasteiger partial charge in [0, 0.05) is 6.20 Å². The maximum atomic E-state index is 8.97. The first kappa shape index (κ1) is 10.4. The van der Waals surface area contributed by atoms with Crippen LogP contribution in [-0.2, 0) is 6.61 Å². The van der Waals surface area contributed by atoms with E-state index in [0.717, 1.165) is 5.56 Å². The van der Waals surface area contributed by atoms with Gasteiger partial charge >= 0.3 is 6.01 Å². The van der Waals surface area contributed by atoms with Crippen molar-refractivity contribution in [2.24, 2.45) is 0 Å². The van der Waals surface area contributed by atoms with Gasteiger partial charge in [0.1, 0.15) is 11.6 Å². The molecule has 0 fully saturated rings. The minimum absolute atomic E-state index is 0.0328. The number of aliphatic hydroxyl groups excluding tert-OH is 1. The highest BCUT2D eigenvalue weighted by molar-refractivity contribution is 5.32. The SMILES string of the molecule is Nc1ccnc(Oc2cccc(CO)c2)n1. The van der Waals surface area contributed by atoms with Crippen LogP contribution in [0.1, 0.15) is 5.56 Å². The summed E-state index contributed by atoms with van der Waals surface area (Å²) in [5.41, 5.74) is 6.26. The van der Waals surface area contributed by atoms with Crippen LogP contribution in [0.4, 0.5) is 5.82 Å². The number of hydrogen-bond acceptors (Lipinski definition) is 5. The summed E-state index contributed by atoms with van der Waals surface area (Å²) in [5.74, 6) is 0.917. The molecule has 0 unspecified atom stereocenters. The quantitative estimate of drug-likeness (QED) is 0.810. The normalized spacial score (nSPS) is 10.1. The zero-order valence-electron chi connectivity index (χ0n) is 8.50.